The normalized spacial score (nSPS) is 20.2. The highest BCUT2D eigenvalue weighted by Crippen LogP contribution is 2.53. The second-order valence-corrected chi connectivity index (χ2v) is 6.63. The summed E-state index contributed by atoms with van der Waals surface area (Å²) >= 11 is 1.76. The van der Waals surface area contributed by atoms with E-state index in [2.05, 4.69) is 27.8 Å². The number of hydrogen-bond acceptors (Lipinski definition) is 4. The number of H-pyrrole nitrogens is 1. The van der Waals surface area contributed by atoms with Crippen molar-refractivity contribution in [3.8, 4) is 0 Å². The summed E-state index contributed by atoms with van der Waals surface area (Å²) in [6.07, 6.45) is 4.01. The van der Waals surface area contributed by atoms with Gasteiger partial charge in [-0.25, -0.2) is 4.98 Å². The topological polar surface area (TPSA) is 57.8 Å². The Kier molecular flexibility index (Phi) is 2.79. The molecule has 0 radical (unpaired) electrons. The van der Waals surface area contributed by atoms with E-state index in [9.17, 15) is 4.79 Å². The molecule has 20 heavy (non-hydrogen) atoms. The largest absolute Gasteiger partial charge is 0.311 e. The Morgan fingerprint density at radius 3 is 3.00 bits per heavy atom. The highest BCUT2D eigenvalue weighted by Gasteiger charge is 2.49. The number of aromatic nitrogens is 2. The second-order valence-electron chi connectivity index (χ2n) is 5.68. The van der Waals surface area contributed by atoms with E-state index >= 15 is 0 Å². The van der Waals surface area contributed by atoms with Gasteiger partial charge in [0.25, 0.3) is 5.56 Å². The van der Waals surface area contributed by atoms with Gasteiger partial charge in [-0.1, -0.05) is 6.07 Å². The summed E-state index contributed by atoms with van der Waals surface area (Å²) in [4.78, 5) is 21.6. The Morgan fingerprint density at radius 2 is 2.25 bits per heavy atom. The number of hydrogen-bond donors (Lipinski definition) is 2. The Balaban J connectivity index is 1.82. The van der Waals surface area contributed by atoms with Crippen LogP contribution in [-0.4, -0.2) is 16.5 Å². The van der Waals surface area contributed by atoms with E-state index in [0.29, 0.717) is 6.54 Å². The number of thiophene rings is 1. The summed E-state index contributed by atoms with van der Waals surface area (Å²) in [6, 6.07) is 4.23. The van der Waals surface area contributed by atoms with Gasteiger partial charge in [0, 0.05) is 17.0 Å². The van der Waals surface area contributed by atoms with Gasteiger partial charge in [0.2, 0.25) is 0 Å². The molecule has 1 fully saturated rings. The second kappa shape index (κ2) is 4.53. The minimum Gasteiger partial charge on any atom is -0.311 e. The van der Waals surface area contributed by atoms with Gasteiger partial charge in [-0.15, -0.1) is 11.3 Å². The molecular weight excluding hydrogens is 270 g/mol. The third-order valence-corrected chi connectivity index (χ3v) is 5.44. The standard InChI is InChI=1S/C15H17N3OS/c19-13-10-3-1-7-16-9-11(10)17-14(18-13)15(5-6-15)12-4-2-8-20-12/h2,4,8,16H,1,3,5-7,9H2,(H,17,18,19). The van der Waals surface area contributed by atoms with Crippen molar-refractivity contribution in [1.29, 1.82) is 0 Å². The monoisotopic (exact) mass is 287 g/mol. The van der Waals surface area contributed by atoms with Crippen LogP contribution in [0.3, 0.4) is 0 Å². The van der Waals surface area contributed by atoms with Crippen LogP contribution in [0, 0.1) is 0 Å². The predicted octanol–water partition coefficient (Wildman–Crippen LogP) is 1.95. The van der Waals surface area contributed by atoms with Crippen LogP contribution in [0.2, 0.25) is 0 Å². The van der Waals surface area contributed by atoms with Crippen LogP contribution in [-0.2, 0) is 18.4 Å². The molecule has 2 N–H and O–H groups in total. The van der Waals surface area contributed by atoms with E-state index in [1.54, 1.807) is 11.3 Å². The number of nitrogens with one attached hydrogen (secondary N) is 2. The van der Waals surface area contributed by atoms with Crippen LogP contribution in [0.4, 0.5) is 0 Å². The summed E-state index contributed by atoms with van der Waals surface area (Å²) < 4.78 is 0. The van der Waals surface area contributed by atoms with Gasteiger partial charge in [-0.05, 0) is 43.7 Å². The lowest BCUT2D eigenvalue weighted by Crippen LogP contribution is -2.25. The summed E-state index contributed by atoms with van der Waals surface area (Å²) in [6.45, 7) is 1.67. The third-order valence-electron chi connectivity index (χ3n) is 4.37. The van der Waals surface area contributed by atoms with Crippen LogP contribution in [0.15, 0.2) is 22.3 Å². The van der Waals surface area contributed by atoms with E-state index in [1.807, 2.05) is 0 Å². The molecule has 0 aromatic carbocycles. The molecular formula is C15H17N3OS. The summed E-state index contributed by atoms with van der Waals surface area (Å²) in [5.74, 6) is 0.868. The molecule has 2 aliphatic rings. The van der Waals surface area contributed by atoms with Gasteiger partial charge < -0.3 is 10.3 Å². The first-order valence-electron chi connectivity index (χ1n) is 7.17. The summed E-state index contributed by atoms with van der Waals surface area (Å²) in [5, 5.41) is 5.45. The van der Waals surface area contributed by atoms with Crippen molar-refractivity contribution in [3.63, 3.8) is 0 Å². The summed E-state index contributed by atoms with van der Waals surface area (Å²) in [5.41, 5.74) is 1.87. The SMILES string of the molecule is O=c1[nH]c(C2(c3cccs3)CC2)nc2c1CCCNC2. The zero-order valence-electron chi connectivity index (χ0n) is 11.2. The van der Waals surface area contributed by atoms with Crippen LogP contribution in [0.1, 0.15) is 41.2 Å². The van der Waals surface area contributed by atoms with Crippen molar-refractivity contribution in [2.24, 2.45) is 0 Å². The number of aromatic amines is 1. The van der Waals surface area contributed by atoms with Gasteiger partial charge in [-0.3, -0.25) is 4.79 Å². The fourth-order valence-electron chi connectivity index (χ4n) is 3.05. The number of fused-ring (bicyclic) bond motifs is 1. The predicted molar refractivity (Wildman–Crippen MR) is 79.2 cm³/mol. The van der Waals surface area contributed by atoms with Crippen LogP contribution < -0.4 is 10.9 Å². The first-order valence-corrected chi connectivity index (χ1v) is 8.05. The Labute approximate surface area is 121 Å². The van der Waals surface area contributed by atoms with Crippen molar-refractivity contribution >= 4 is 11.3 Å². The fraction of sp³-hybridized carbons (Fsp3) is 0.467. The van der Waals surface area contributed by atoms with Crippen molar-refractivity contribution in [2.75, 3.05) is 6.54 Å². The maximum Gasteiger partial charge on any atom is 0.254 e. The molecule has 1 aliphatic carbocycles. The van der Waals surface area contributed by atoms with E-state index in [1.165, 1.54) is 4.88 Å². The Bertz CT molecular complexity index is 686. The minimum absolute atomic E-state index is 0.0192. The molecule has 0 atom stereocenters. The summed E-state index contributed by atoms with van der Waals surface area (Å²) in [7, 11) is 0. The molecule has 1 saturated carbocycles. The van der Waals surface area contributed by atoms with Crippen LogP contribution in [0.5, 0.6) is 0 Å². The molecule has 2 aromatic rings. The maximum absolute atomic E-state index is 12.4. The van der Waals surface area contributed by atoms with E-state index in [4.69, 9.17) is 4.98 Å². The highest BCUT2D eigenvalue weighted by molar-refractivity contribution is 7.10. The average molecular weight is 287 g/mol. The Hall–Kier alpha value is -1.46. The molecule has 1 aliphatic heterocycles. The Morgan fingerprint density at radius 1 is 1.35 bits per heavy atom. The molecule has 0 unspecified atom stereocenters. The molecule has 4 rings (SSSR count). The number of nitrogens with zero attached hydrogens (tertiary/aromatic N) is 1. The molecule has 5 heteroatoms. The van der Waals surface area contributed by atoms with Crippen molar-refractivity contribution in [3.05, 3.63) is 49.8 Å². The lowest BCUT2D eigenvalue weighted by Gasteiger charge is -2.15. The molecule has 0 bridgehead atoms. The zero-order valence-corrected chi connectivity index (χ0v) is 12.1. The van der Waals surface area contributed by atoms with Gasteiger partial charge in [0.1, 0.15) is 5.82 Å². The van der Waals surface area contributed by atoms with E-state index < -0.39 is 0 Å². The highest BCUT2D eigenvalue weighted by atomic mass is 32.1. The van der Waals surface area contributed by atoms with Gasteiger partial charge in [-0.2, -0.15) is 0 Å². The van der Waals surface area contributed by atoms with Gasteiger partial charge in [0.15, 0.2) is 0 Å². The lowest BCUT2D eigenvalue weighted by atomic mass is 10.0. The van der Waals surface area contributed by atoms with Gasteiger partial charge >= 0.3 is 0 Å². The fourth-order valence-corrected chi connectivity index (χ4v) is 4.04. The molecule has 2 aromatic heterocycles. The first kappa shape index (κ1) is 12.3. The van der Waals surface area contributed by atoms with Crippen molar-refractivity contribution in [2.45, 2.75) is 37.6 Å². The third kappa shape index (κ3) is 1.84. The van der Waals surface area contributed by atoms with Crippen LogP contribution in [0.25, 0.3) is 0 Å². The van der Waals surface area contributed by atoms with Crippen LogP contribution >= 0.6 is 11.3 Å². The maximum atomic E-state index is 12.4. The molecule has 0 spiro atoms. The van der Waals surface area contributed by atoms with Gasteiger partial charge in [0.05, 0.1) is 11.1 Å². The van der Waals surface area contributed by atoms with Crippen molar-refractivity contribution < 1.29 is 0 Å². The number of rotatable bonds is 2. The molecule has 4 nitrogen and oxygen atoms in total. The molecule has 0 saturated heterocycles. The molecule has 0 amide bonds. The average Bonchev–Trinajstić information content (AvgIpc) is 3.15. The zero-order chi connectivity index (χ0) is 13.6. The van der Waals surface area contributed by atoms with E-state index in [-0.39, 0.29) is 11.0 Å². The van der Waals surface area contributed by atoms with E-state index in [0.717, 1.165) is 49.3 Å². The lowest BCUT2D eigenvalue weighted by molar-refractivity contribution is 0.667. The first-order chi connectivity index (χ1) is 9.79. The molecule has 3 heterocycles. The minimum atomic E-state index is -0.0192. The molecule has 104 valence electrons. The smallest absolute Gasteiger partial charge is 0.254 e. The quantitative estimate of drug-likeness (QED) is 0.887. The van der Waals surface area contributed by atoms with Crippen molar-refractivity contribution in [1.82, 2.24) is 15.3 Å².